The lowest BCUT2D eigenvalue weighted by molar-refractivity contribution is -0.137. The van der Waals surface area contributed by atoms with Crippen LogP contribution in [0.2, 0.25) is 0 Å². The van der Waals surface area contributed by atoms with Gasteiger partial charge < -0.3 is 9.15 Å². The predicted octanol–water partition coefficient (Wildman–Crippen LogP) is 4.42. The number of nitrogens with zero attached hydrogens (tertiary/aromatic N) is 1. The van der Waals surface area contributed by atoms with E-state index in [1.165, 1.54) is 12.3 Å². The van der Waals surface area contributed by atoms with Crippen molar-refractivity contribution in [2.75, 3.05) is 0 Å². The number of ether oxygens (including phenoxy) is 1. The summed E-state index contributed by atoms with van der Waals surface area (Å²) < 4.78 is 51.0. The average Bonchev–Trinajstić information content (AvgIpc) is 2.59. The maximum atomic E-state index is 13.7. The average molecular weight is 395 g/mol. The smallest absolute Gasteiger partial charge is 0.417 e. The number of esters is 1. The molecule has 5 nitrogen and oxygen atoms in total. The standard InChI is InChI=1S/C18H12F3NO4S/c1-10(23)25-11-5-6-12-14(8-11)26-17(24)13(16(12)18(19,20)21)9-27-15-4-2-3-7-22-15/h2-8H,9H2,1H3. The molecule has 0 amide bonds. The van der Waals surface area contributed by atoms with Crippen molar-refractivity contribution in [3.05, 3.63) is 64.1 Å². The second kappa shape index (κ2) is 7.43. The van der Waals surface area contributed by atoms with E-state index >= 15 is 0 Å². The number of thioether (sulfide) groups is 1. The Balaban J connectivity index is 2.11. The molecule has 0 spiro atoms. The van der Waals surface area contributed by atoms with Crippen LogP contribution in [-0.4, -0.2) is 11.0 Å². The number of aromatic nitrogens is 1. The molecule has 140 valence electrons. The van der Waals surface area contributed by atoms with Crippen LogP contribution in [0.15, 0.2) is 56.8 Å². The van der Waals surface area contributed by atoms with E-state index in [4.69, 9.17) is 9.15 Å². The minimum Gasteiger partial charge on any atom is -0.427 e. The van der Waals surface area contributed by atoms with Crippen LogP contribution in [0.4, 0.5) is 13.2 Å². The molecule has 2 heterocycles. The first kappa shape index (κ1) is 19.0. The van der Waals surface area contributed by atoms with Gasteiger partial charge in [0, 0.05) is 30.3 Å². The Hall–Kier alpha value is -2.81. The molecule has 0 aliphatic carbocycles. The Morgan fingerprint density at radius 2 is 2.04 bits per heavy atom. The van der Waals surface area contributed by atoms with Crippen LogP contribution in [-0.2, 0) is 16.7 Å². The van der Waals surface area contributed by atoms with Gasteiger partial charge in [0.25, 0.3) is 0 Å². The molecule has 0 bridgehead atoms. The summed E-state index contributed by atoms with van der Waals surface area (Å²) in [6.45, 7) is 1.15. The third-order valence-corrected chi connectivity index (χ3v) is 4.49. The monoisotopic (exact) mass is 395 g/mol. The molecule has 9 heteroatoms. The lowest BCUT2D eigenvalue weighted by Gasteiger charge is -2.14. The van der Waals surface area contributed by atoms with Crippen LogP contribution in [0.25, 0.3) is 11.0 Å². The van der Waals surface area contributed by atoms with Gasteiger partial charge in [-0.2, -0.15) is 13.2 Å². The minimum absolute atomic E-state index is 0.0121. The van der Waals surface area contributed by atoms with Crippen molar-refractivity contribution in [1.82, 2.24) is 4.98 Å². The van der Waals surface area contributed by atoms with Gasteiger partial charge in [0.05, 0.1) is 16.2 Å². The molecule has 0 saturated heterocycles. The van der Waals surface area contributed by atoms with E-state index < -0.39 is 28.9 Å². The molecule has 0 aliphatic heterocycles. The van der Waals surface area contributed by atoms with Crippen LogP contribution >= 0.6 is 11.8 Å². The summed E-state index contributed by atoms with van der Waals surface area (Å²) in [5, 5.41) is 0.199. The van der Waals surface area contributed by atoms with Gasteiger partial charge in [0.1, 0.15) is 11.3 Å². The van der Waals surface area contributed by atoms with Gasteiger partial charge in [0.2, 0.25) is 0 Å². The van der Waals surface area contributed by atoms with E-state index in [1.54, 1.807) is 18.2 Å². The molecular weight excluding hydrogens is 383 g/mol. The number of hydrogen-bond acceptors (Lipinski definition) is 6. The van der Waals surface area contributed by atoms with E-state index in [0.717, 1.165) is 30.8 Å². The largest absolute Gasteiger partial charge is 0.427 e. The summed E-state index contributed by atoms with van der Waals surface area (Å²) in [5.74, 6) is -0.909. The number of carbonyl (C=O) groups excluding carboxylic acids is 1. The minimum atomic E-state index is -4.77. The quantitative estimate of drug-likeness (QED) is 0.282. The van der Waals surface area contributed by atoms with Gasteiger partial charge in [-0.25, -0.2) is 9.78 Å². The second-order valence-electron chi connectivity index (χ2n) is 5.45. The fourth-order valence-corrected chi connectivity index (χ4v) is 3.35. The fourth-order valence-electron chi connectivity index (χ4n) is 2.48. The van der Waals surface area contributed by atoms with E-state index in [-0.39, 0.29) is 22.5 Å². The Morgan fingerprint density at radius 3 is 2.67 bits per heavy atom. The zero-order chi connectivity index (χ0) is 19.6. The number of alkyl halides is 3. The molecule has 0 fully saturated rings. The number of fused-ring (bicyclic) bond motifs is 1. The third-order valence-electron chi connectivity index (χ3n) is 3.52. The number of hydrogen-bond donors (Lipinski definition) is 0. The molecule has 3 rings (SSSR count). The maximum absolute atomic E-state index is 13.7. The summed E-state index contributed by atoms with van der Waals surface area (Å²) in [7, 11) is 0. The molecule has 2 aromatic heterocycles. The van der Waals surface area contributed by atoms with E-state index in [0.29, 0.717) is 5.03 Å². The maximum Gasteiger partial charge on any atom is 0.417 e. The molecule has 0 radical (unpaired) electrons. The molecule has 0 saturated carbocycles. The Bertz CT molecular complexity index is 1050. The second-order valence-corrected chi connectivity index (χ2v) is 6.44. The highest BCUT2D eigenvalue weighted by Crippen LogP contribution is 2.38. The van der Waals surface area contributed by atoms with Crippen molar-refractivity contribution in [2.24, 2.45) is 0 Å². The zero-order valence-corrected chi connectivity index (χ0v) is 14.7. The van der Waals surface area contributed by atoms with Crippen LogP contribution in [0.1, 0.15) is 18.1 Å². The van der Waals surface area contributed by atoms with Crippen LogP contribution < -0.4 is 10.4 Å². The summed E-state index contributed by atoms with van der Waals surface area (Å²) in [6.07, 6.45) is -3.26. The number of benzene rings is 1. The zero-order valence-electron chi connectivity index (χ0n) is 13.9. The summed E-state index contributed by atoms with van der Waals surface area (Å²) in [4.78, 5) is 27.3. The molecule has 1 aromatic carbocycles. The molecule has 27 heavy (non-hydrogen) atoms. The van der Waals surface area contributed by atoms with Gasteiger partial charge in [0.15, 0.2) is 0 Å². The first-order chi connectivity index (χ1) is 12.8. The van der Waals surface area contributed by atoms with E-state index in [2.05, 4.69) is 4.98 Å². The Kier molecular flexibility index (Phi) is 5.22. The molecule has 3 aromatic rings. The molecule has 0 atom stereocenters. The van der Waals surface area contributed by atoms with Crippen LogP contribution in [0, 0.1) is 0 Å². The summed E-state index contributed by atoms with van der Waals surface area (Å²) in [6, 6.07) is 8.42. The van der Waals surface area contributed by atoms with Crippen molar-refractivity contribution in [3.63, 3.8) is 0 Å². The van der Waals surface area contributed by atoms with Crippen molar-refractivity contribution < 1.29 is 27.1 Å². The lowest BCUT2D eigenvalue weighted by atomic mass is 10.0. The van der Waals surface area contributed by atoms with Crippen molar-refractivity contribution in [3.8, 4) is 5.75 Å². The number of carbonyl (C=O) groups is 1. The third kappa shape index (κ3) is 4.30. The predicted molar refractivity (Wildman–Crippen MR) is 92.6 cm³/mol. The van der Waals surface area contributed by atoms with Gasteiger partial charge >= 0.3 is 17.8 Å². The summed E-state index contributed by atoms with van der Waals surface area (Å²) in [5.41, 5.74) is -2.96. The van der Waals surface area contributed by atoms with Gasteiger partial charge in [-0.15, -0.1) is 11.8 Å². The lowest BCUT2D eigenvalue weighted by Crippen LogP contribution is -2.18. The van der Waals surface area contributed by atoms with Crippen LogP contribution in [0.3, 0.4) is 0 Å². The Morgan fingerprint density at radius 1 is 1.26 bits per heavy atom. The summed E-state index contributed by atoms with van der Waals surface area (Å²) >= 11 is 0.998. The highest BCUT2D eigenvalue weighted by Gasteiger charge is 2.37. The van der Waals surface area contributed by atoms with Gasteiger partial charge in [-0.05, 0) is 24.3 Å². The fraction of sp³-hybridized carbons (Fsp3) is 0.167. The van der Waals surface area contributed by atoms with Crippen LogP contribution in [0.5, 0.6) is 5.75 Å². The van der Waals surface area contributed by atoms with Crippen molar-refractivity contribution in [2.45, 2.75) is 23.9 Å². The molecular formula is C18H12F3NO4S. The Labute approximate surface area is 155 Å². The SMILES string of the molecule is CC(=O)Oc1ccc2c(C(F)(F)F)c(CSc3ccccn3)c(=O)oc2c1. The van der Waals surface area contributed by atoms with Gasteiger partial charge in [-0.1, -0.05) is 6.07 Å². The first-order valence-electron chi connectivity index (χ1n) is 7.65. The highest BCUT2D eigenvalue weighted by atomic mass is 32.2. The van der Waals surface area contributed by atoms with Crippen molar-refractivity contribution in [1.29, 1.82) is 0 Å². The van der Waals surface area contributed by atoms with E-state index in [1.807, 2.05) is 0 Å². The highest BCUT2D eigenvalue weighted by molar-refractivity contribution is 7.98. The van der Waals surface area contributed by atoms with Crippen molar-refractivity contribution >= 4 is 28.7 Å². The topological polar surface area (TPSA) is 69.4 Å². The van der Waals surface area contributed by atoms with E-state index in [9.17, 15) is 22.8 Å². The number of rotatable bonds is 4. The first-order valence-corrected chi connectivity index (χ1v) is 8.63. The van der Waals surface area contributed by atoms with Gasteiger partial charge in [-0.3, -0.25) is 4.79 Å². The molecule has 0 unspecified atom stereocenters. The normalized spacial score (nSPS) is 11.6. The number of halogens is 3. The molecule has 0 aliphatic rings. The molecule has 0 N–H and O–H groups in total. The number of pyridine rings is 1.